The van der Waals surface area contributed by atoms with E-state index in [1.165, 1.54) is 19.1 Å². The van der Waals surface area contributed by atoms with E-state index in [1.807, 2.05) is 0 Å². The van der Waals surface area contributed by atoms with E-state index in [4.69, 9.17) is 5.73 Å². The molecule has 0 aliphatic carbocycles. The van der Waals surface area contributed by atoms with Crippen LogP contribution in [0.3, 0.4) is 0 Å². The van der Waals surface area contributed by atoms with Gasteiger partial charge in [-0.25, -0.2) is 0 Å². The zero-order valence-corrected chi connectivity index (χ0v) is 9.05. The molecule has 0 amide bonds. The molecule has 2 nitrogen and oxygen atoms in total. The van der Waals surface area contributed by atoms with E-state index in [9.17, 15) is 18.3 Å². The lowest BCUT2D eigenvalue weighted by atomic mass is 9.95. The SMILES string of the molecule is Cc1c([C@H](O)[C@@H](C)N)cccc1C(F)(F)F. The first-order valence-electron chi connectivity index (χ1n) is 4.85. The fourth-order valence-corrected chi connectivity index (χ4v) is 1.56. The van der Waals surface area contributed by atoms with Crippen LogP contribution in [0, 0.1) is 6.92 Å². The van der Waals surface area contributed by atoms with Gasteiger partial charge >= 0.3 is 6.18 Å². The van der Waals surface area contributed by atoms with Crippen molar-refractivity contribution >= 4 is 0 Å². The minimum atomic E-state index is -4.41. The first kappa shape index (κ1) is 13.0. The number of aliphatic hydroxyl groups excluding tert-OH is 1. The molecule has 0 fully saturated rings. The van der Waals surface area contributed by atoms with Gasteiger partial charge in [-0.15, -0.1) is 0 Å². The van der Waals surface area contributed by atoms with Crippen molar-refractivity contribution in [2.45, 2.75) is 32.2 Å². The summed E-state index contributed by atoms with van der Waals surface area (Å²) in [5.74, 6) is 0. The third-order valence-corrected chi connectivity index (χ3v) is 2.50. The van der Waals surface area contributed by atoms with Crippen molar-refractivity contribution in [1.29, 1.82) is 0 Å². The molecule has 0 heterocycles. The van der Waals surface area contributed by atoms with E-state index >= 15 is 0 Å². The normalized spacial score (nSPS) is 15.9. The van der Waals surface area contributed by atoms with Crippen molar-refractivity contribution in [3.05, 3.63) is 34.9 Å². The van der Waals surface area contributed by atoms with E-state index in [-0.39, 0.29) is 11.1 Å². The van der Waals surface area contributed by atoms with Crippen molar-refractivity contribution in [2.24, 2.45) is 5.73 Å². The van der Waals surface area contributed by atoms with Crippen molar-refractivity contribution in [1.82, 2.24) is 0 Å². The molecule has 1 rings (SSSR count). The number of benzene rings is 1. The molecule has 0 unspecified atom stereocenters. The van der Waals surface area contributed by atoms with Crippen molar-refractivity contribution in [2.75, 3.05) is 0 Å². The van der Waals surface area contributed by atoms with Crippen LogP contribution in [-0.2, 0) is 6.18 Å². The van der Waals surface area contributed by atoms with Gasteiger partial charge in [0.1, 0.15) is 0 Å². The summed E-state index contributed by atoms with van der Waals surface area (Å²) < 4.78 is 37.7. The predicted octanol–water partition coefficient (Wildman–Crippen LogP) is 2.39. The van der Waals surface area contributed by atoms with E-state index < -0.39 is 23.9 Å². The van der Waals surface area contributed by atoms with Crippen LogP contribution in [0.1, 0.15) is 29.7 Å². The maximum Gasteiger partial charge on any atom is 0.416 e. The highest BCUT2D eigenvalue weighted by Gasteiger charge is 2.33. The number of hydrogen-bond acceptors (Lipinski definition) is 2. The Balaban J connectivity index is 3.24. The Hall–Kier alpha value is -1.07. The van der Waals surface area contributed by atoms with Gasteiger partial charge in [0.05, 0.1) is 11.7 Å². The van der Waals surface area contributed by atoms with Gasteiger partial charge in [-0.3, -0.25) is 0 Å². The average molecular weight is 233 g/mol. The molecule has 0 saturated carbocycles. The van der Waals surface area contributed by atoms with Crippen molar-refractivity contribution in [3.63, 3.8) is 0 Å². The Bertz CT molecular complexity index is 374. The van der Waals surface area contributed by atoms with E-state index in [1.54, 1.807) is 6.92 Å². The van der Waals surface area contributed by atoms with Crippen LogP contribution in [0.5, 0.6) is 0 Å². The second-order valence-corrected chi connectivity index (χ2v) is 3.82. The van der Waals surface area contributed by atoms with E-state index in [2.05, 4.69) is 0 Å². The minimum absolute atomic E-state index is 0.0276. The lowest BCUT2D eigenvalue weighted by molar-refractivity contribution is -0.138. The van der Waals surface area contributed by atoms with Crippen LogP contribution in [0.25, 0.3) is 0 Å². The van der Waals surface area contributed by atoms with Crippen LogP contribution in [0.4, 0.5) is 13.2 Å². The Labute approximate surface area is 91.9 Å². The molecule has 0 aliphatic rings. The molecular formula is C11H14F3NO. The van der Waals surface area contributed by atoms with Crippen LogP contribution in [0.15, 0.2) is 18.2 Å². The summed E-state index contributed by atoms with van der Waals surface area (Å²) in [5, 5.41) is 9.68. The topological polar surface area (TPSA) is 46.2 Å². The number of rotatable bonds is 2. The third kappa shape index (κ3) is 2.54. The highest BCUT2D eigenvalue weighted by molar-refractivity contribution is 5.37. The molecule has 1 aromatic rings. The molecule has 3 N–H and O–H groups in total. The summed E-state index contributed by atoms with van der Waals surface area (Å²) in [5.41, 5.74) is 4.99. The molecule has 0 bridgehead atoms. The number of aliphatic hydroxyl groups is 1. The monoisotopic (exact) mass is 233 g/mol. The summed E-state index contributed by atoms with van der Waals surface area (Å²) in [6.07, 6.45) is -5.49. The van der Waals surface area contributed by atoms with Crippen LogP contribution in [0.2, 0.25) is 0 Å². The Kier molecular flexibility index (Phi) is 3.60. The zero-order valence-electron chi connectivity index (χ0n) is 9.05. The summed E-state index contributed by atoms with van der Waals surface area (Å²) in [6.45, 7) is 2.88. The standard InChI is InChI=1S/C11H14F3NO/c1-6-8(10(16)7(2)15)4-3-5-9(6)11(12,13)14/h3-5,7,10,16H,15H2,1-2H3/t7-,10-/m1/s1. The first-order valence-corrected chi connectivity index (χ1v) is 4.85. The molecule has 5 heteroatoms. The predicted molar refractivity (Wildman–Crippen MR) is 54.8 cm³/mol. The average Bonchev–Trinajstić information content (AvgIpc) is 2.15. The molecule has 1 aromatic carbocycles. The lowest BCUT2D eigenvalue weighted by Crippen LogP contribution is -2.25. The fraction of sp³-hybridized carbons (Fsp3) is 0.455. The number of nitrogens with two attached hydrogens (primary N) is 1. The van der Waals surface area contributed by atoms with E-state index in [0.29, 0.717) is 0 Å². The Morgan fingerprint density at radius 2 is 1.88 bits per heavy atom. The molecule has 0 saturated heterocycles. The molecule has 0 aromatic heterocycles. The molecule has 16 heavy (non-hydrogen) atoms. The highest BCUT2D eigenvalue weighted by atomic mass is 19.4. The quantitative estimate of drug-likeness (QED) is 0.823. The van der Waals surface area contributed by atoms with Gasteiger partial charge in [0.2, 0.25) is 0 Å². The molecule has 0 radical (unpaired) electrons. The Morgan fingerprint density at radius 3 is 2.31 bits per heavy atom. The van der Waals surface area contributed by atoms with Gasteiger partial charge in [0.15, 0.2) is 0 Å². The summed E-state index contributed by atoms with van der Waals surface area (Å²) >= 11 is 0. The van der Waals surface area contributed by atoms with Gasteiger partial charge < -0.3 is 10.8 Å². The second kappa shape index (κ2) is 4.43. The second-order valence-electron chi connectivity index (χ2n) is 3.82. The molecule has 0 spiro atoms. The number of alkyl halides is 3. The van der Waals surface area contributed by atoms with Gasteiger partial charge in [0, 0.05) is 6.04 Å². The van der Waals surface area contributed by atoms with Gasteiger partial charge in [-0.05, 0) is 31.0 Å². The first-order chi connectivity index (χ1) is 7.25. The molecule has 90 valence electrons. The zero-order chi connectivity index (χ0) is 12.5. The smallest absolute Gasteiger partial charge is 0.387 e. The fourth-order valence-electron chi connectivity index (χ4n) is 1.56. The van der Waals surface area contributed by atoms with Crippen LogP contribution < -0.4 is 5.73 Å². The minimum Gasteiger partial charge on any atom is -0.387 e. The van der Waals surface area contributed by atoms with Crippen LogP contribution >= 0.6 is 0 Å². The Morgan fingerprint density at radius 1 is 1.31 bits per heavy atom. The largest absolute Gasteiger partial charge is 0.416 e. The number of halogens is 3. The van der Waals surface area contributed by atoms with Crippen molar-refractivity contribution in [3.8, 4) is 0 Å². The van der Waals surface area contributed by atoms with Crippen LogP contribution in [-0.4, -0.2) is 11.1 Å². The summed E-state index contributed by atoms with van der Waals surface area (Å²) in [7, 11) is 0. The highest BCUT2D eigenvalue weighted by Crippen LogP contribution is 2.34. The van der Waals surface area contributed by atoms with Gasteiger partial charge in [-0.1, -0.05) is 12.1 Å². The molecule has 2 atom stereocenters. The van der Waals surface area contributed by atoms with Gasteiger partial charge in [0.25, 0.3) is 0 Å². The number of hydrogen-bond donors (Lipinski definition) is 2. The summed E-state index contributed by atoms with van der Waals surface area (Å²) in [6, 6.07) is 3.12. The maximum atomic E-state index is 12.6. The van der Waals surface area contributed by atoms with E-state index in [0.717, 1.165) is 6.07 Å². The lowest BCUT2D eigenvalue weighted by Gasteiger charge is -2.20. The molecular weight excluding hydrogens is 219 g/mol. The van der Waals surface area contributed by atoms with Gasteiger partial charge in [-0.2, -0.15) is 13.2 Å². The molecule has 0 aliphatic heterocycles. The maximum absolute atomic E-state index is 12.6. The summed E-state index contributed by atoms with van der Waals surface area (Å²) in [4.78, 5) is 0. The van der Waals surface area contributed by atoms with Crippen molar-refractivity contribution < 1.29 is 18.3 Å². The third-order valence-electron chi connectivity index (χ3n) is 2.50.